The normalized spacial score (nSPS) is 10.1. The van der Waals surface area contributed by atoms with Crippen molar-refractivity contribution < 1.29 is 14.3 Å². The van der Waals surface area contributed by atoms with Gasteiger partial charge in [0.1, 0.15) is 5.75 Å². The lowest BCUT2D eigenvalue weighted by molar-refractivity contribution is -0.145. The molecule has 0 unspecified atom stereocenters. The number of nitrogen functional groups attached to an aromatic ring is 1. The zero-order valence-corrected chi connectivity index (χ0v) is 10.6. The van der Waals surface area contributed by atoms with Crippen LogP contribution in [0.5, 0.6) is 5.75 Å². The minimum absolute atomic E-state index is 0.0691. The molecule has 0 aliphatic heterocycles. The molecule has 0 aromatic heterocycles. The van der Waals surface area contributed by atoms with Gasteiger partial charge >= 0.3 is 5.97 Å². The summed E-state index contributed by atoms with van der Waals surface area (Å²) in [6.45, 7) is 6.01. The molecule has 0 saturated heterocycles. The Balaban J connectivity index is 2.72. The number of hydrogen-bond acceptors (Lipinski definition) is 4. The minimum Gasteiger partial charge on any atom is -0.482 e. The molecule has 4 nitrogen and oxygen atoms in total. The number of benzene rings is 1. The monoisotopic (exact) mass is 237 g/mol. The third-order valence-corrected chi connectivity index (χ3v) is 2.49. The van der Waals surface area contributed by atoms with Gasteiger partial charge < -0.3 is 15.2 Å². The second-order valence-corrected chi connectivity index (χ2v) is 3.76. The highest BCUT2D eigenvalue weighted by Crippen LogP contribution is 2.24. The molecule has 0 amide bonds. The van der Waals surface area contributed by atoms with Gasteiger partial charge in [-0.2, -0.15) is 0 Å². The van der Waals surface area contributed by atoms with E-state index in [1.165, 1.54) is 0 Å². The number of anilines is 1. The van der Waals surface area contributed by atoms with Crippen LogP contribution in [0.2, 0.25) is 0 Å². The summed E-state index contributed by atoms with van der Waals surface area (Å²) in [5.41, 5.74) is 8.70. The van der Waals surface area contributed by atoms with Crippen molar-refractivity contribution in [1.82, 2.24) is 0 Å². The predicted octanol–water partition coefficient (Wildman–Crippen LogP) is 2.08. The smallest absolute Gasteiger partial charge is 0.344 e. The van der Waals surface area contributed by atoms with E-state index in [0.717, 1.165) is 23.2 Å². The number of rotatable bonds is 5. The number of hydrogen-bond donors (Lipinski definition) is 1. The van der Waals surface area contributed by atoms with E-state index < -0.39 is 0 Å². The van der Waals surface area contributed by atoms with Gasteiger partial charge in [0.05, 0.1) is 6.61 Å². The number of aryl methyl sites for hydroxylation is 2. The van der Waals surface area contributed by atoms with Gasteiger partial charge in [0, 0.05) is 5.69 Å². The Bertz CT molecular complexity index is 402. The van der Waals surface area contributed by atoms with Gasteiger partial charge in [-0.25, -0.2) is 4.79 Å². The van der Waals surface area contributed by atoms with Gasteiger partial charge in [0.2, 0.25) is 0 Å². The summed E-state index contributed by atoms with van der Waals surface area (Å²) in [5.74, 6) is 0.293. The first-order valence-electron chi connectivity index (χ1n) is 5.75. The number of carbonyl (C=O) groups excluding carboxylic acids is 1. The Morgan fingerprint density at radius 2 is 2.06 bits per heavy atom. The van der Waals surface area contributed by atoms with Crippen molar-refractivity contribution in [2.75, 3.05) is 18.9 Å². The van der Waals surface area contributed by atoms with Crippen molar-refractivity contribution in [3.63, 3.8) is 0 Å². The molecule has 0 aliphatic carbocycles. The molecule has 0 saturated carbocycles. The van der Waals surface area contributed by atoms with Crippen LogP contribution in [0.25, 0.3) is 0 Å². The van der Waals surface area contributed by atoms with Crippen molar-refractivity contribution in [3.05, 3.63) is 23.3 Å². The predicted molar refractivity (Wildman–Crippen MR) is 67.1 cm³/mol. The largest absolute Gasteiger partial charge is 0.482 e. The van der Waals surface area contributed by atoms with Crippen molar-refractivity contribution in [2.24, 2.45) is 0 Å². The second kappa shape index (κ2) is 6.13. The SMILES string of the molecule is CCOC(=O)COc1cc(C)c(N)c(CC)c1. The number of nitrogens with two attached hydrogens (primary N) is 1. The van der Waals surface area contributed by atoms with Crippen molar-refractivity contribution in [2.45, 2.75) is 27.2 Å². The zero-order chi connectivity index (χ0) is 12.8. The topological polar surface area (TPSA) is 61.5 Å². The van der Waals surface area contributed by atoms with E-state index in [1.807, 2.05) is 26.0 Å². The Hall–Kier alpha value is -1.71. The third-order valence-electron chi connectivity index (χ3n) is 2.49. The lowest BCUT2D eigenvalue weighted by Gasteiger charge is -2.11. The van der Waals surface area contributed by atoms with Crippen molar-refractivity contribution in [1.29, 1.82) is 0 Å². The fourth-order valence-electron chi connectivity index (χ4n) is 1.56. The molecule has 1 rings (SSSR count). The highest BCUT2D eigenvalue weighted by Gasteiger charge is 2.07. The highest BCUT2D eigenvalue weighted by atomic mass is 16.6. The Labute approximate surface area is 102 Å². The molecular formula is C13H19NO3. The first kappa shape index (κ1) is 13.4. The second-order valence-electron chi connectivity index (χ2n) is 3.76. The number of carbonyl (C=O) groups is 1. The van der Waals surface area contributed by atoms with E-state index >= 15 is 0 Å². The summed E-state index contributed by atoms with van der Waals surface area (Å²) in [6, 6.07) is 3.69. The third kappa shape index (κ3) is 3.66. The molecule has 0 spiro atoms. The van der Waals surface area contributed by atoms with E-state index in [4.69, 9.17) is 15.2 Å². The maximum Gasteiger partial charge on any atom is 0.344 e. The zero-order valence-electron chi connectivity index (χ0n) is 10.6. The average Bonchev–Trinajstić information content (AvgIpc) is 2.31. The summed E-state index contributed by atoms with van der Waals surface area (Å²) in [4.78, 5) is 11.2. The van der Waals surface area contributed by atoms with Gasteiger partial charge in [0.15, 0.2) is 6.61 Å². The summed E-state index contributed by atoms with van der Waals surface area (Å²) in [7, 11) is 0. The van der Waals surface area contributed by atoms with Crippen LogP contribution < -0.4 is 10.5 Å². The Morgan fingerprint density at radius 3 is 2.65 bits per heavy atom. The van der Waals surface area contributed by atoms with Crippen LogP contribution in [0, 0.1) is 6.92 Å². The van der Waals surface area contributed by atoms with Crippen LogP contribution in [0.15, 0.2) is 12.1 Å². The maximum absolute atomic E-state index is 11.2. The molecule has 0 atom stereocenters. The summed E-state index contributed by atoms with van der Waals surface area (Å²) in [5, 5.41) is 0. The Morgan fingerprint density at radius 1 is 1.35 bits per heavy atom. The fraction of sp³-hybridized carbons (Fsp3) is 0.462. The van der Waals surface area contributed by atoms with Gasteiger partial charge in [-0.1, -0.05) is 6.92 Å². The van der Waals surface area contributed by atoms with Crippen molar-refractivity contribution in [3.8, 4) is 5.75 Å². The molecule has 2 N–H and O–H groups in total. The van der Waals surface area contributed by atoms with Crippen LogP contribution in [0.1, 0.15) is 25.0 Å². The molecule has 0 radical (unpaired) electrons. The fourth-order valence-corrected chi connectivity index (χ4v) is 1.56. The van der Waals surface area contributed by atoms with Crippen LogP contribution in [-0.2, 0) is 16.0 Å². The molecule has 17 heavy (non-hydrogen) atoms. The average molecular weight is 237 g/mol. The number of ether oxygens (including phenoxy) is 2. The molecule has 1 aromatic carbocycles. The van der Waals surface area contributed by atoms with Gasteiger partial charge in [-0.05, 0) is 43.5 Å². The molecule has 4 heteroatoms. The van der Waals surface area contributed by atoms with E-state index in [1.54, 1.807) is 6.92 Å². The van der Waals surface area contributed by atoms with E-state index in [-0.39, 0.29) is 12.6 Å². The molecule has 94 valence electrons. The van der Waals surface area contributed by atoms with Crippen LogP contribution >= 0.6 is 0 Å². The van der Waals surface area contributed by atoms with Crippen LogP contribution in [-0.4, -0.2) is 19.2 Å². The quantitative estimate of drug-likeness (QED) is 0.629. The lowest BCUT2D eigenvalue weighted by atomic mass is 10.1. The molecule has 0 heterocycles. The molecule has 0 aliphatic rings. The standard InChI is InChI=1S/C13H19NO3/c1-4-10-7-11(6-9(3)13(10)14)17-8-12(15)16-5-2/h6-7H,4-5,8,14H2,1-3H3. The number of esters is 1. The van der Waals surface area contributed by atoms with Crippen LogP contribution in [0.4, 0.5) is 5.69 Å². The van der Waals surface area contributed by atoms with Gasteiger partial charge in [-0.15, -0.1) is 0 Å². The van der Waals surface area contributed by atoms with Gasteiger partial charge in [-0.3, -0.25) is 0 Å². The van der Waals surface area contributed by atoms with Crippen LogP contribution in [0.3, 0.4) is 0 Å². The molecule has 0 fully saturated rings. The van der Waals surface area contributed by atoms with E-state index in [2.05, 4.69) is 0 Å². The minimum atomic E-state index is -0.361. The highest BCUT2D eigenvalue weighted by molar-refractivity contribution is 5.71. The maximum atomic E-state index is 11.2. The van der Waals surface area contributed by atoms with Gasteiger partial charge in [0.25, 0.3) is 0 Å². The van der Waals surface area contributed by atoms with E-state index in [0.29, 0.717) is 12.4 Å². The summed E-state index contributed by atoms with van der Waals surface area (Å²) in [6.07, 6.45) is 0.837. The summed E-state index contributed by atoms with van der Waals surface area (Å²) >= 11 is 0. The summed E-state index contributed by atoms with van der Waals surface area (Å²) < 4.78 is 10.2. The molecule has 0 bridgehead atoms. The van der Waals surface area contributed by atoms with Crippen molar-refractivity contribution >= 4 is 11.7 Å². The van der Waals surface area contributed by atoms with E-state index in [9.17, 15) is 4.79 Å². The lowest BCUT2D eigenvalue weighted by Crippen LogP contribution is -2.14. The Kier molecular flexibility index (Phi) is 4.82. The first-order valence-corrected chi connectivity index (χ1v) is 5.75. The molecule has 1 aromatic rings. The molecular weight excluding hydrogens is 218 g/mol. The first-order chi connectivity index (χ1) is 8.08.